The van der Waals surface area contributed by atoms with Gasteiger partial charge in [0.1, 0.15) is 5.75 Å². The number of nitrogens with zero attached hydrogens (tertiary/aromatic N) is 1. The van der Waals surface area contributed by atoms with E-state index in [0.29, 0.717) is 19.6 Å². The molecule has 0 bridgehead atoms. The molecule has 0 atom stereocenters. The molecule has 0 saturated carbocycles. The Labute approximate surface area is 140 Å². The van der Waals surface area contributed by atoms with Crippen molar-refractivity contribution in [1.29, 1.82) is 0 Å². The van der Waals surface area contributed by atoms with Crippen LogP contribution in [0.2, 0.25) is 0 Å². The number of benzene rings is 1. The fourth-order valence-electron chi connectivity index (χ4n) is 3.04. The largest absolute Gasteiger partial charge is 0.494 e. The Morgan fingerprint density at radius 2 is 1.83 bits per heavy atom. The van der Waals surface area contributed by atoms with Gasteiger partial charge in [0.05, 0.1) is 13.0 Å². The highest BCUT2D eigenvalue weighted by Gasteiger charge is 2.28. The summed E-state index contributed by atoms with van der Waals surface area (Å²) in [5.74, 6) is 0.933. The first-order chi connectivity index (χ1) is 11.0. The predicted octanol–water partition coefficient (Wildman–Crippen LogP) is 3.01. The van der Waals surface area contributed by atoms with Gasteiger partial charge >= 0.3 is 0 Å². The van der Waals surface area contributed by atoms with Crippen molar-refractivity contribution in [2.75, 3.05) is 26.2 Å². The van der Waals surface area contributed by atoms with Gasteiger partial charge in [-0.05, 0) is 64.4 Å². The number of hydrogen-bond acceptors (Lipinski definition) is 3. The Bertz CT molecular complexity index is 491. The number of piperidine rings is 1. The van der Waals surface area contributed by atoms with Crippen molar-refractivity contribution in [3.8, 4) is 5.75 Å². The fraction of sp³-hybridized carbons (Fsp3) is 0.632. The summed E-state index contributed by atoms with van der Waals surface area (Å²) in [6, 6.07) is 7.76. The highest BCUT2D eigenvalue weighted by atomic mass is 16.5. The first-order valence-corrected chi connectivity index (χ1v) is 8.75. The molecule has 2 rings (SSSR count). The summed E-state index contributed by atoms with van der Waals surface area (Å²) >= 11 is 0. The molecule has 0 radical (unpaired) electrons. The number of nitrogens with one attached hydrogen (secondary N) is 1. The molecule has 0 aliphatic carbocycles. The summed E-state index contributed by atoms with van der Waals surface area (Å²) in [7, 11) is 0. The molecule has 4 heteroatoms. The van der Waals surface area contributed by atoms with E-state index in [1.807, 2.05) is 31.2 Å². The van der Waals surface area contributed by atoms with E-state index in [-0.39, 0.29) is 11.4 Å². The number of carbonyl (C=O) groups excluding carboxylic acids is 1. The number of amides is 1. The van der Waals surface area contributed by atoms with Gasteiger partial charge in [0, 0.05) is 12.1 Å². The van der Waals surface area contributed by atoms with E-state index < -0.39 is 0 Å². The predicted molar refractivity (Wildman–Crippen MR) is 93.8 cm³/mol. The molecule has 1 aromatic carbocycles. The summed E-state index contributed by atoms with van der Waals surface area (Å²) in [5, 5.41) is 3.10. The molecule has 1 fully saturated rings. The van der Waals surface area contributed by atoms with Gasteiger partial charge in [0.2, 0.25) is 5.91 Å². The number of hydrogen-bond donors (Lipinski definition) is 1. The van der Waals surface area contributed by atoms with Crippen LogP contribution in [0, 0.1) is 0 Å². The molecule has 1 amide bonds. The van der Waals surface area contributed by atoms with Crippen LogP contribution in [-0.2, 0) is 11.2 Å². The lowest BCUT2D eigenvalue weighted by Crippen LogP contribution is -2.53. The van der Waals surface area contributed by atoms with Gasteiger partial charge in [-0.25, -0.2) is 0 Å². The van der Waals surface area contributed by atoms with E-state index in [9.17, 15) is 4.79 Å². The molecule has 0 aromatic heterocycles. The molecule has 23 heavy (non-hydrogen) atoms. The lowest BCUT2D eigenvalue weighted by Gasteiger charge is -2.41. The van der Waals surface area contributed by atoms with E-state index in [2.05, 4.69) is 24.1 Å². The quantitative estimate of drug-likeness (QED) is 0.840. The first-order valence-electron chi connectivity index (χ1n) is 8.75. The van der Waals surface area contributed by atoms with Gasteiger partial charge in [0.15, 0.2) is 0 Å². The van der Waals surface area contributed by atoms with Crippen LogP contribution in [-0.4, -0.2) is 42.6 Å². The van der Waals surface area contributed by atoms with Gasteiger partial charge in [-0.1, -0.05) is 18.6 Å². The van der Waals surface area contributed by atoms with Crippen LogP contribution >= 0.6 is 0 Å². The Kier molecular flexibility index (Phi) is 6.46. The molecule has 4 nitrogen and oxygen atoms in total. The van der Waals surface area contributed by atoms with Crippen LogP contribution in [0.15, 0.2) is 24.3 Å². The van der Waals surface area contributed by atoms with Gasteiger partial charge in [-0.2, -0.15) is 0 Å². The van der Waals surface area contributed by atoms with Crippen molar-refractivity contribution in [2.45, 2.75) is 52.0 Å². The number of rotatable bonds is 7. The van der Waals surface area contributed by atoms with E-state index in [1.54, 1.807) is 0 Å². The summed E-state index contributed by atoms with van der Waals surface area (Å²) in [6.45, 7) is 10.0. The minimum absolute atomic E-state index is 0.0227. The van der Waals surface area contributed by atoms with Crippen molar-refractivity contribution >= 4 is 5.91 Å². The van der Waals surface area contributed by atoms with Crippen molar-refractivity contribution in [3.63, 3.8) is 0 Å². The average Bonchev–Trinajstić information content (AvgIpc) is 2.56. The molecular weight excluding hydrogens is 288 g/mol. The highest BCUT2D eigenvalue weighted by Crippen LogP contribution is 2.20. The number of ether oxygens (including phenoxy) is 1. The SMILES string of the molecule is CCOc1ccc(CC(=O)NCC(C)(C)N2CCCCC2)cc1. The van der Waals surface area contributed by atoms with E-state index in [1.165, 1.54) is 19.3 Å². The number of carbonyl (C=O) groups is 1. The third-order valence-corrected chi connectivity index (χ3v) is 4.53. The lowest BCUT2D eigenvalue weighted by molar-refractivity contribution is -0.121. The second-order valence-corrected chi connectivity index (χ2v) is 6.89. The summed E-state index contributed by atoms with van der Waals surface area (Å²) in [6.07, 6.45) is 4.28. The van der Waals surface area contributed by atoms with Crippen molar-refractivity contribution in [1.82, 2.24) is 10.2 Å². The van der Waals surface area contributed by atoms with Crippen LogP contribution < -0.4 is 10.1 Å². The van der Waals surface area contributed by atoms with Crippen LogP contribution in [0.5, 0.6) is 5.75 Å². The van der Waals surface area contributed by atoms with Gasteiger partial charge in [-0.15, -0.1) is 0 Å². The standard InChI is InChI=1S/C19H30N2O2/c1-4-23-17-10-8-16(9-11-17)14-18(22)20-15-19(2,3)21-12-6-5-7-13-21/h8-11H,4-7,12-15H2,1-3H3,(H,20,22). The Morgan fingerprint density at radius 3 is 2.43 bits per heavy atom. The van der Waals surface area contributed by atoms with Gasteiger partial charge in [0.25, 0.3) is 0 Å². The van der Waals surface area contributed by atoms with Gasteiger partial charge in [-0.3, -0.25) is 9.69 Å². The highest BCUT2D eigenvalue weighted by molar-refractivity contribution is 5.78. The summed E-state index contributed by atoms with van der Waals surface area (Å²) in [4.78, 5) is 14.7. The third kappa shape index (κ3) is 5.54. The van der Waals surface area contributed by atoms with Crippen molar-refractivity contribution in [2.24, 2.45) is 0 Å². The van der Waals surface area contributed by atoms with E-state index in [4.69, 9.17) is 4.74 Å². The number of likely N-dealkylation sites (tertiary alicyclic amines) is 1. The van der Waals surface area contributed by atoms with E-state index >= 15 is 0 Å². The topological polar surface area (TPSA) is 41.6 Å². The molecule has 1 saturated heterocycles. The second kappa shape index (κ2) is 8.34. The van der Waals surface area contributed by atoms with Gasteiger partial charge < -0.3 is 10.1 Å². The minimum atomic E-state index is 0.0227. The fourth-order valence-corrected chi connectivity index (χ4v) is 3.04. The average molecular weight is 318 g/mol. The lowest BCUT2D eigenvalue weighted by atomic mass is 9.98. The molecule has 1 N–H and O–H groups in total. The second-order valence-electron chi connectivity index (χ2n) is 6.89. The molecule has 1 aliphatic heterocycles. The van der Waals surface area contributed by atoms with E-state index in [0.717, 1.165) is 24.4 Å². The maximum Gasteiger partial charge on any atom is 0.224 e. The molecule has 1 heterocycles. The summed E-state index contributed by atoms with van der Waals surface area (Å²) < 4.78 is 5.42. The smallest absolute Gasteiger partial charge is 0.224 e. The Morgan fingerprint density at radius 1 is 1.17 bits per heavy atom. The first kappa shape index (κ1) is 17.8. The minimum Gasteiger partial charge on any atom is -0.494 e. The molecule has 1 aliphatic rings. The normalized spacial score (nSPS) is 16.1. The molecule has 128 valence electrons. The maximum absolute atomic E-state index is 12.2. The van der Waals surface area contributed by atoms with Crippen molar-refractivity contribution in [3.05, 3.63) is 29.8 Å². The van der Waals surface area contributed by atoms with Crippen LogP contribution in [0.3, 0.4) is 0 Å². The maximum atomic E-state index is 12.2. The zero-order chi connectivity index (χ0) is 16.7. The Hall–Kier alpha value is -1.55. The van der Waals surface area contributed by atoms with Crippen LogP contribution in [0.4, 0.5) is 0 Å². The zero-order valence-electron chi connectivity index (χ0n) is 14.7. The molecule has 0 spiro atoms. The molecular formula is C19H30N2O2. The van der Waals surface area contributed by atoms with Crippen LogP contribution in [0.25, 0.3) is 0 Å². The summed E-state index contributed by atoms with van der Waals surface area (Å²) in [5.41, 5.74) is 1.04. The third-order valence-electron chi connectivity index (χ3n) is 4.53. The van der Waals surface area contributed by atoms with Crippen molar-refractivity contribution < 1.29 is 9.53 Å². The molecule has 1 aromatic rings. The zero-order valence-corrected chi connectivity index (χ0v) is 14.7. The molecule has 0 unspecified atom stereocenters. The monoisotopic (exact) mass is 318 g/mol. The Balaban J connectivity index is 1.79. The van der Waals surface area contributed by atoms with Crippen LogP contribution in [0.1, 0.15) is 45.6 Å².